The first-order valence-electron chi connectivity index (χ1n) is 8.05. The third-order valence-corrected chi connectivity index (χ3v) is 6.30. The molecule has 0 unspecified atom stereocenters. The fourth-order valence-corrected chi connectivity index (χ4v) is 4.31. The van der Waals surface area contributed by atoms with Gasteiger partial charge in [-0.3, -0.25) is 10.1 Å². The van der Waals surface area contributed by atoms with Crippen LogP contribution in [0.2, 0.25) is 0 Å². The molecule has 1 N–H and O–H groups in total. The quantitative estimate of drug-likeness (QED) is 0.574. The van der Waals surface area contributed by atoms with Crippen LogP contribution < -0.4 is 5.32 Å². The van der Waals surface area contributed by atoms with Gasteiger partial charge in [0.2, 0.25) is 11.8 Å². The van der Waals surface area contributed by atoms with Crippen molar-refractivity contribution in [2.24, 2.45) is 0 Å². The summed E-state index contributed by atoms with van der Waals surface area (Å²) >= 11 is 1.56. The Bertz CT molecular complexity index is 999. The molecule has 3 aromatic rings. The van der Waals surface area contributed by atoms with Gasteiger partial charge < -0.3 is 4.42 Å². The predicted molar refractivity (Wildman–Crippen MR) is 97.7 cm³/mol. The smallest absolute Gasteiger partial charge is 0.322 e. The summed E-state index contributed by atoms with van der Waals surface area (Å²) in [5.41, 5.74) is 0. The van der Waals surface area contributed by atoms with Crippen LogP contribution in [-0.2, 0) is 21.1 Å². The van der Waals surface area contributed by atoms with E-state index in [-0.39, 0.29) is 29.5 Å². The molecule has 2 aromatic heterocycles. The molecule has 0 atom stereocenters. The Labute approximate surface area is 159 Å². The predicted octanol–water partition coefficient (Wildman–Crippen LogP) is 3.05. The summed E-state index contributed by atoms with van der Waals surface area (Å²) in [6, 6.07) is 8.42. The van der Waals surface area contributed by atoms with E-state index in [4.69, 9.17) is 4.42 Å². The van der Waals surface area contributed by atoms with Crippen LogP contribution in [0.15, 0.2) is 51.1 Å². The van der Waals surface area contributed by atoms with Crippen molar-refractivity contribution in [1.82, 2.24) is 10.2 Å². The maximum absolute atomic E-state index is 12.9. The number of amides is 1. The number of hydrogen-bond acceptors (Lipinski definition) is 7. The lowest BCUT2D eigenvalue weighted by atomic mass is 10.3. The number of sulfone groups is 1. The van der Waals surface area contributed by atoms with Gasteiger partial charge in [-0.05, 0) is 42.1 Å². The van der Waals surface area contributed by atoms with Crippen LogP contribution in [0, 0.1) is 5.82 Å². The molecule has 0 bridgehead atoms. The second kappa shape index (κ2) is 8.40. The maximum atomic E-state index is 12.9. The fourth-order valence-electron chi connectivity index (χ4n) is 2.30. The molecule has 142 valence electrons. The molecule has 10 heteroatoms. The minimum atomic E-state index is -3.57. The number of carbonyl (C=O) groups is 1. The van der Waals surface area contributed by atoms with E-state index in [9.17, 15) is 17.6 Å². The number of nitrogens with zero attached hydrogens (tertiary/aromatic N) is 2. The second-order valence-corrected chi connectivity index (χ2v) is 8.82. The van der Waals surface area contributed by atoms with Gasteiger partial charge in [-0.2, -0.15) is 0 Å². The normalized spacial score (nSPS) is 11.4. The van der Waals surface area contributed by atoms with E-state index in [2.05, 4.69) is 15.5 Å². The van der Waals surface area contributed by atoms with Crippen molar-refractivity contribution in [3.63, 3.8) is 0 Å². The summed E-state index contributed by atoms with van der Waals surface area (Å²) in [4.78, 5) is 13.0. The zero-order chi connectivity index (χ0) is 19.3. The fraction of sp³-hybridized carbons (Fsp3) is 0.235. The molecule has 0 saturated carbocycles. The van der Waals surface area contributed by atoms with Gasteiger partial charge in [0.25, 0.3) is 0 Å². The van der Waals surface area contributed by atoms with Crippen molar-refractivity contribution in [2.45, 2.75) is 24.2 Å². The number of rotatable bonds is 8. The summed E-state index contributed by atoms with van der Waals surface area (Å²) in [6.07, 6.45) is 0.571. The Hall–Kier alpha value is -2.59. The molecule has 0 aliphatic heterocycles. The van der Waals surface area contributed by atoms with Crippen LogP contribution >= 0.6 is 11.3 Å². The minimum absolute atomic E-state index is 0.0204. The molecular formula is C17H16FN3O4S2. The highest BCUT2D eigenvalue weighted by Gasteiger charge is 2.16. The molecule has 27 heavy (non-hydrogen) atoms. The summed E-state index contributed by atoms with van der Waals surface area (Å²) in [5, 5.41) is 12.0. The molecule has 0 saturated heterocycles. The summed E-state index contributed by atoms with van der Waals surface area (Å²) in [5.74, 6) is -0.770. The van der Waals surface area contributed by atoms with E-state index in [1.54, 1.807) is 11.3 Å². The molecule has 1 amide bonds. The third kappa shape index (κ3) is 5.44. The molecule has 0 fully saturated rings. The van der Waals surface area contributed by atoms with E-state index in [1.807, 2.05) is 17.5 Å². The average Bonchev–Trinajstić information content (AvgIpc) is 3.28. The molecule has 0 aliphatic carbocycles. The SMILES string of the molecule is O=C(CCCS(=O)(=O)c1ccc(F)cc1)Nc1nnc(Cc2cccs2)o1. The minimum Gasteiger partial charge on any atom is -0.407 e. The van der Waals surface area contributed by atoms with Gasteiger partial charge in [0.1, 0.15) is 5.82 Å². The van der Waals surface area contributed by atoms with Crippen LogP contribution in [0.4, 0.5) is 10.4 Å². The molecule has 0 radical (unpaired) electrons. The molecule has 3 rings (SSSR count). The van der Waals surface area contributed by atoms with Crippen LogP contribution in [0.25, 0.3) is 0 Å². The van der Waals surface area contributed by atoms with Crippen molar-refractivity contribution in [3.8, 4) is 0 Å². The first-order chi connectivity index (χ1) is 12.9. The lowest BCUT2D eigenvalue weighted by Gasteiger charge is -2.04. The van der Waals surface area contributed by atoms with Crippen LogP contribution in [0.1, 0.15) is 23.6 Å². The largest absolute Gasteiger partial charge is 0.407 e. The Kier molecular flexibility index (Phi) is 5.97. The van der Waals surface area contributed by atoms with E-state index in [1.165, 1.54) is 12.1 Å². The van der Waals surface area contributed by atoms with Gasteiger partial charge in [0.15, 0.2) is 9.84 Å². The van der Waals surface area contributed by atoms with Gasteiger partial charge >= 0.3 is 6.01 Å². The molecular weight excluding hydrogens is 393 g/mol. The van der Waals surface area contributed by atoms with Crippen LogP contribution in [0.5, 0.6) is 0 Å². The topological polar surface area (TPSA) is 102 Å². The molecule has 2 heterocycles. The van der Waals surface area contributed by atoms with Gasteiger partial charge in [-0.1, -0.05) is 11.2 Å². The average molecular weight is 409 g/mol. The third-order valence-electron chi connectivity index (χ3n) is 3.61. The summed E-state index contributed by atoms with van der Waals surface area (Å²) in [7, 11) is -3.57. The molecule has 0 aliphatic rings. The standard InChI is InChI=1S/C17H16FN3O4S2/c18-12-5-7-14(8-6-12)27(23,24)10-2-4-15(22)19-17-21-20-16(25-17)11-13-3-1-9-26-13/h1,3,5-9H,2,4,10-11H2,(H,19,21,22). The van der Waals surface area contributed by atoms with Crippen molar-refractivity contribution in [2.75, 3.05) is 11.1 Å². The second-order valence-electron chi connectivity index (χ2n) is 5.68. The van der Waals surface area contributed by atoms with E-state index in [0.29, 0.717) is 12.3 Å². The highest BCUT2D eigenvalue weighted by Crippen LogP contribution is 2.16. The van der Waals surface area contributed by atoms with Gasteiger partial charge in [-0.15, -0.1) is 16.4 Å². The Balaban J connectivity index is 1.47. The lowest BCUT2D eigenvalue weighted by molar-refractivity contribution is -0.116. The Morgan fingerprint density at radius 3 is 2.67 bits per heavy atom. The number of carbonyl (C=O) groups excluding carboxylic acids is 1. The van der Waals surface area contributed by atoms with Gasteiger partial charge in [-0.25, -0.2) is 12.8 Å². The molecule has 7 nitrogen and oxygen atoms in total. The number of aromatic nitrogens is 2. The highest BCUT2D eigenvalue weighted by atomic mass is 32.2. The first-order valence-corrected chi connectivity index (χ1v) is 10.6. The Morgan fingerprint density at radius 2 is 1.96 bits per heavy atom. The van der Waals surface area contributed by atoms with Crippen molar-refractivity contribution < 1.29 is 22.0 Å². The lowest BCUT2D eigenvalue weighted by Crippen LogP contribution is -2.14. The van der Waals surface area contributed by atoms with E-state index in [0.717, 1.165) is 17.0 Å². The first kappa shape index (κ1) is 19.2. The van der Waals surface area contributed by atoms with Crippen LogP contribution in [0.3, 0.4) is 0 Å². The number of thiophene rings is 1. The zero-order valence-corrected chi connectivity index (χ0v) is 15.7. The Morgan fingerprint density at radius 1 is 1.19 bits per heavy atom. The van der Waals surface area contributed by atoms with Crippen molar-refractivity contribution in [1.29, 1.82) is 0 Å². The summed E-state index contributed by atoms with van der Waals surface area (Å²) in [6.45, 7) is 0. The number of benzene rings is 1. The van der Waals surface area contributed by atoms with Gasteiger partial charge in [0, 0.05) is 11.3 Å². The number of nitrogens with one attached hydrogen (secondary N) is 1. The van der Waals surface area contributed by atoms with Gasteiger partial charge in [0.05, 0.1) is 17.1 Å². The van der Waals surface area contributed by atoms with E-state index >= 15 is 0 Å². The van der Waals surface area contributed by atoms with Crippen LogP contribution in [-0.4, -0.2) is 30.3 Å². The number of anilines is 1. The number of hydrogen-bond donors (Lipinski definition) is 1. The summed E-state index contributed by atoms with van der Waals surface area (Å²) < 4.78 is 42.5. The monoisotopic (exact) mass is 409 g/mol. The van der Waals surface area contributed by atoms with Crippen molar-refractivity contribution in [3.05, 3.63) is 58.4 Å². The van der Waals surface area contributed by atoms with E-state index < -0.39 is 21.6 Å². The molecule has 1 aromatic carbocycles. The number of halogens is 1. The highest BCUT2D eigenvalue weighted by molar-refractivity contribution is 7.91. The maximum Gasteiger partial charge on any atom is 0.322 e. The molecule has 0 spiro atoms. The zero-order valence-electron chi connectivity index (χ0n) is 14.1. The van der Waals surface area contributed by atoms with Crippen molar-refractivity contribution >= 4 is 33.1 Å².